The third kappa shape index (κ3) is 5.34. The molecule has 0 aliphatic heterocycles. The van der Waals surface area contributed by atoms with Gasteiger partial charge < -0.3 is 4.90 Å². The highest BCUT2D eigenvalue weighted by Crippen LogP contribution is 2.51. The summed E-state index contributed by atoms with van der Waals surface area (Å²) in [6, 6.07) is 71.4. The van der Waals surface area contributed by atoms with Gasteiger partial charge in [0.15, 0.2) is 0 Å². The van der Waals surface area contributed by atoms with Crippen LogP contribution in [0.2, 0.25) is 0 Å². The minimum Gasteiger partial charge on any atom is -0.310 e. The van der Waals surface area contributed by atoms with Gasteiger partial charge in [0.1, 0.15) is 5.82 Å². The number of imidazole rings is 1. The van der Waals surface area contributed by atoms with Crippen molar-refractivity contribution in [1.29, 1.82) is 0 Å². The topological polar surface area (TPSA) is 37.6 Å². The van der Waals surface area contributed by atoms with Crippen LogP contribution in [0.5, 0.6) is 0 Å². The molecule has 0 saturated heterocycles. The molecule has 0 radical (unpaired) electrons. The highest BCUT2D eigenvalue weighted by atomic mass is 32.1. The molecule has 12 aromatic rings. The molecule has 3 heterocycles. The molecule has 0 saturated carbocycles. The molecule has 0 bridgehead atoms. The molecule has 0 unspecified atom stereocenters. The number of nitrogens with zero attached hydrogens (tertiary/aromatic N) is 3. The standard InChI is InChI=1S/C59H39N3OS/c1-59(2)50-21-10-8-15-44(50)45-32-31-41(35-51(45)59)61(40-29-25-37(26-30-40)43-19-12-20-48-46-16-9-11-22-53(46)64-56(43)48)39-27-23-36(24-28-39)42-33-34-52-55-54(42)47-17-6-7-18-49(47)58(63)62(55)57(60-52)38-13-4-3-5-14-38/h3-35H,1-2H3. The Morgan fingerprint density at radius 2 is 1.08 bits per heavy atom. The first kappa shape index (κ1) is 36.8. The Morgan fingerprint density at radius 1 is 0.484 bits per heavy atom. The average Bonchev–Trinajstić information content (AvgIpc) is 4.00. The number of thiophene rings is 1. The van der Waals surface area contributed by atoms with Gasteiger partial charge >= 0.3 is 0 Å². The van der Waals surface area contributed by atoms with E-state index in [-0.39, 0.29) is 11.0 Å². The lowest BCUT2D eigenvalue weighted by atomic mass is 9.82. The van der Waals surface area contributed by atoms with Crippen molar-refractivity contribution in [2.24, 2.45) is 0 Å². The molecule has 64 heavy (non-hydrogen) atoms. The molecular formula is C59H39N3OS. The lowest BCUT2D eigenvalue weighted by Crippen LogP contribution is -2.16. The lowest BCUT2D eigenvalue weighted by Gasteiger charge is -2.28. The fourth-order valence-corrected chi connectivity index (χ4v) is 11.7. The van der Waals surface area contributed by atoms with E-state index in [0.29, 0.717) is 11.2 Å². The Hall–Kier alpha value is -7.86. The normalized spacial score (nSPS) is 13.0. The summed E-state index contributed by atoms with van der Waals surface area (Å²) in [5.41, 5.74) is 15.5. The molecule has 3 aromatic heterocycles. The summed E-state index contributed by atoms with van der Waals surface area (Å²) >= 11 is 1.86. The van der Waals surface area contributed by atoms with E-state index in [4.69, 9.17) is 4.98 Å². The number of anilines is 3. The van der Waals surface area contributed by atoms with Gasteiger partial charge in [-0.05, 0) is 104 Å². The number of rotatable bonds is 6. The van der Waals surface area contributed by atoms with Gasteiger partial charge in [-0.3, -0.25) is 9.20 Å². The smallest absolute Gasteiger partial charge is 0.264 e. The Bertz CT molecular complexity index is 3880. The molecule has 0 amide bonds. The second kappa shape index (κ2) is 13.8. The van der Waals surface area contributed by atoms with Gasteiger partial charge in [0.2, 0.25) is 0 Å². The molecule has 0 spiro atoms. The van der Waals surface area contributed by atoms with E-state index in [0.717, 1.165) is 55.6 Å². The number of hydrogen-bond acceptors (Lipinski definition) is 4. The number of pyridine rings is 1. The maximum absolute atomic E-state index is 14.3. The molecule has 302 valence electrons. The fourth-order valence-electron chi connectivity index (χ4n) is 10.5. The Labute approximate surface area is 373 Å². The second-order valence-corrected chi connectivity index (χ2v) is 18.5. The average molecular weight is 838 g/mol. The predicted molar refractivity (Wildman–Crippen MR) is 269 cm³/mol. The van der Waals surface area contributed by atoms with Crippen LogP contribution in [0, 0.1) is 0 Å². The SMILES string of the molecule is CC1(C)c2ccccc2-c2ccc(N(c3ccc(-c4cccc5c4sc4ccccc45)cc3)c3ccc(-c4ccc5nc(-c6ccccc6)n6c(=O)c7ccccc7c4c56)cc3)cc21. The number of aromatic nitrogens is 2. The van der Waals surface area contributed by atoms with Crippen molar-refractivity contribution in [3.8, 4) is 44.8 Å². The lowest BCUT2D eigenvalue weighted by molar-refractivity contribution is 0.660. The van der Waals surface area contributed by atoms with Gasteiger partial charge in [0.05, 0.1) is 11.0 Å². The van der Waals surface area contributed by atoms with Crippen LogP contribution in [0.15, 0.2) is 205 Å². The Balaban J connectivity index is 0.964. The molecule has 13 rings (SSSR count). The van der Waals surface area contributed by atoms with Crippen molar-refractivity contribution >= 4 is 75.8 Å². The zero-order chi connectivity index (χ0) is 42.7. The van der Waals surface area contributed by atoms with E-state index in [1.54, 1.807) is 0 Å². The minimum atomic E-state index is -0.144. The van der Waals surface area contributed by atoms with Gasteiger partial charge in [-0.1, -0.05) is 159 Å². The fraction of sp³-hybridized carbons (Fsp3) is 0.0508. The number of hydrogen-bond donors (Lipinski definition) is 0. The molecule has 9 aromatic carbocycles. The van der Waals surface area contributed by atoms with Crippen molar-refractivity contribution in [3.63, 3.8) is 0 Å². The summed E-state index contributed by atoms with van der Waals surface area (Å²) in [5, 5.41) is 5.24. The zero-order valence-electron chi connectivity index (χ0n) is 35.2. The summed E-state index contributed by atoms with van der Waals surface area (Å²) in [5.74, 6) is 0.659. The maximum atomic E-state index is 14.3. The minimum absolute atomic E-state index is 0.0558. The van der Waals surface area contributed by atoms with Crippen LogP contribution >= 0.6 is 11.3 Å². The maximum Gasteiger partial charge on any atom is 0.264 e. The number of fused-ring (bicyclic) bond motifs is 8. The van der Waals surface area contributed by atoms with E-state index >= 15 is 0 Å². The summed E-state index contributed by atoms with van der Waals surface area (Å²) < 4.78 is 4.44. The van der Waals surface area contributed by atoms with Gasteiger partial charge in [0, 0.05) is 59.0 Å². The van der Waals surface area contributed by atoms with Crippen molar-refractivity contribution in [1.82, 2.24) is 9.38 Å². The number of benzene rings is 9. The van der Waals surface area contributed by atoms with Crippen LogP contribution in [0.1, 0.15) is 25.0 Å². The van der Waals surface area contributed by atoms with E-state index in [1.165, 1.54) is 53.6 Å². The van der Waals surface area contributed by atoms with E-state index in [1.807, 2.05) is 64.3 Å². The Kier molecular flexibility index (Phi) is 7.94. The van der Waals surface area contributed by atoms with Crippen molar-refractivity contribution < 1.29 is 0 Å². The molecule has 0 fully saturated rings. The van der Waals surface area contributed by atoms with Gasteiger partial charge in [0.25, 0.3) is 5.56 Å². The van der Waals surface area contributed by atoms with Gasteiger partial charge in [-0.2, -0.15) is 0 Å². The second-order valence-electron chi connectivity index (χ2n) is 17.5. The molecular weight excluding hydrogens is 799 g/mol. The van der Waals surface area contributed by atoms with Crippen LogP contribution < -0.4 is 10.5 Å². The molecule has 1 aliphatic rings. The summed E-state index contributed by atoms with van der Waals surface area (Å²) in [6.07, 6.45) is 0. The quantitative estimate of drug-likeness (QED) is 0.157. The third-order valence-corrected chi connectivity index (χ3v) is 14.8. The van der Waals surface area contributed by atoms with Crippen LogP contribution in [-0.4, -0.2) is 9.38 Å². The first-order chi connectivity index (χ1) is 31.4. The van der Waals surface area contributed by atoms with E-state index < -0.39 is 0 Å². The monoisotopic (exact) mass is 837 g/mol. The largest absolute Gasteiger partial charge is 0.310 e. The zero-order valence-corrected chi connectivity index (χ0v) is 36.0. The van der Waals surface area contributed by atoms with Crippen LogP contribution in [0.3, 0.4) is 0 Å². The first-order valence-electron chi connectivity index (χ1n) is 21.8. The molecule has 4 nitrogen and oxygen atoms in total. The van der Waals surface area contributed by atoms with Crippen molar-refractivity contribution in [3.05, 3.63) is 222 Å². The van der Waals surface area contributed by atoms with Crippen LogP contribution in [0.25, 0.3) is 92.1 Å². The Morgan fingerprint density at radius 3 is 1.86 bits per heavy atom. The summed E-state index contributed by atoms with van der Waals surface area (Å²) in [6.45, 7) is 4.68. The highest BCUT2D eigenvalue weighted by molar-refractivity contribution is 7.26. The molecule has 1 aliphatic carbocycles. The van der Waals surface area contributed by atoms with Crippen molar-refractivity contribution in [2.75, 3.05) is 4.90 Å². The van der Waals surface area contributed by atoms with Gasteiger partial charge in [-0.15, -0.1) is 11.3 Å². The molecule has 0 N–H and O–H groups in total. The van der Waals surface area contributed by atoms with E-state index in [9.17, 15) is 4.79 Å². The predicted octanol–water partition coefficient (Wildman–Crippen LogP) is 15.6. The van der Waals surface area contributed by atoms with E-state index in [2.05, 4.69) is 170 Å². The highest BCUT2D eigenvalue weighted by Gasteiger charge is 2.36. The molecule has 5 heteroatoms. The summed E-state index contributed by atoms with van der Waals surface area (Å²) in [4.78, 5) is 21.7. The molecule has 0 atom stereocenters. The van der Waals surface area contributed by atoms with Crippen LogP contribution in [0.4, 0.5) is 17.1 Å². The van der Waals surface area contributed by atoms with Crippen molar-refractivity contribution in [2.45, 2.75) is 19.3 Å². The van der Waals surface area contributed by atoms with Gasteiger partial charge in [-0.25, -0.2) is 4.98 Å². The van der Waals surface area contributed by atoms with Crippen LogP contribution in [-0.2, 0) is 5.41 Å². The first-order valence-corrected chi connectivity index (χ1v) is 22.6. The third-order valence-electron chi connectivity index (χ3n) is 13.6. The summed E-state index contributed by atoms with van der Waals surface area (Å²) in [7, 11) is 0.